The van der Waals surface area contributed by atoms with Crippen LogP contribution in [0.25, 0.3) is 0 Å². The minimum absolute atomic E-state index is 0.0354. The first-order valence-corrected chi connectivity index (χ1v) is 18.4. The van der Waals surface area contributed by atoms with Gasteiger partial charge in [-0.2, -0.15) is 0 Å². The summed E-state index contributed by atoms with van der Waals surface area (Å²) in [6.07, 6.45) is -8.34. The average molecular weight is 790 g/mol. The Morgan fingerprint density at radius 3 is 1.95 bits per heavy atom. The van der Waals surface area contributed by atoms with Gasteiger partial charge in [-0.25, -0.2) is 14.4 Å². The van der Waals surface area contributed by atoms with Gasteiger partial charge < -0.3 is 75.4 Å². The van der Waals surface area contributed by atoms with Crippen LogP contribution in [-0.4, -0.2) is 154 Å². The maximum Gasteiger partial charge on any atom is 0.410 e. The van der Waals surface area contributed by atoms with Gasteiger partial charge in [-0.15, -0.1) is 0 Å². The highest BCUT2D eigenvalue weighted by Gasteiger charge is 2.56. The molecule has 316 valence electrons. The number of carbonyl (C=O) groups excluding carboxylic acids is 4. The fraction of sp³-hybridized carbons (Fsp3) is 0.833. The Balaban J connectivity index is 2.09. The number of rotatable bonds is 9. The van der Waals surface area contributed by atoms with Crippen LogP contribution in [0.5, 0.6) is 0 Å². The third kappa shape index (κ3) is 12.8. The summed E-state index contributed by atoms with van der Waals surface area (Å²) in [6, 6.07) is -4.39. The molecular weight excluding hydrogens is 726 g/mol. The quantitative estimate of drug-likeness (QED) is 0.147. The lowest BCUT2D eigenvalue weighted by Crippen LogP contribution is -2.71. The molecule has 55 heavy (non-hydrogen) atoms. The number of amides is 4. The molecule has 3 rings (SSSR count). The molecule has 1 saturated carbocycles. The number of hydrogen-bond donors (Lipinski definition) is 8. The van der Waals surface area contributed by atoms with E-state index >= 15 is 0 Å². The summed E-state index contributed by atoms with van der Waals surface area (Å²) in [7, 11) is 1.34. The first-order valence-electron chi connectivity index (χ1n) is 18.4. The van der Waals surface area contributed by atoms with E-state index in [1.165, 1.54) is 14.0 Å². The van der Waals surface area contributed by atoms with Crippen molar-refractivity contribution in [2.45, 2.75) is 159 Å². The number of alkyl carbamates (subject to hydrolysis) is 2. The fourth-order valence-corrected chi connectivity index (χ4v) is 6.96. The molecule has 1 unspecified atom stereocenters. The van der Waals surface area contributed by atoms with Crippen LogP contribution in [0.15, 0.2) is 11.8 Å². The SMILES string of the molecule is CN(C(=O)OC(C)(C)C)[C@@H]1[C@@H](O)[C@@H](O[C@H]2[C@H](NC(=O)CO)C[C@H](NC(=O)OC(C)(C)C)C([C@H]3OC(CN)=CC[C@H]3NC(=O)OC(C)(C)C)[C@@H]2O)OC[C@]1(C)O. The Morgan fingerprint density at radius 2 is 1.44 bits per heavy atom. The van der Waals surface area contributed by atoms with E-state index in [1.807, 2.05) is 0 Å². The molecule has 4 amide bonds. The lowest BCUT2D eigenvalue weighted by molar-refractivity contribution is -0.305. The number of nitrogens with two attached hydrogens (primary N) is 1. The third-order valence-electron chi connectivity index (χ3n) is 9.03. The van der Waals surface area contributed by atoms with Crippen LogP contribution in [0.4, 0.5) is 14.4 Å². The van der Waals surface area contributed by atoms with Gasteiger partial charge in [0.05, 0.1) is 37.4 Å². The van der Waals surface area contributed by atoms with Gasteiger partial charge in [-0.05, 0) is 88.2 Å². The number of aliphatic hydroxyl groups excluding tert-OH is 3. The van der Waals surface area contributed by atoms with Crippen molar-refractivity contribution in [3.63, 3.8) is 0 Å². The lowest BCUT2D eigenvalue weighted by atomic mass is 9.72. The minimum Gasteiger partial charge on any atom is -0.491 e. The molecule has 0 bridgehead atoms. The van der Waals surface area contributed by atoms with Crippen molar-refractivity contribution in [2.75, 3.05) is 26.8 Å². The third-order valence-corrected chi connectivity index (χ3v) is 9.03. The Hall–Kier alpha value is -3.46. The summed E-state index contributed by atoms with van der Waals surface area (Å²) in [4.78, 5) is 53.1. The van der Waals surface area contributed by atoms with Crippen molar-refractivity contribution in [1.29, 1.82) is 0 Å². The monoisotopic (exact) mass is 789 g/mol. The van der Waals surface area contributed by atoms with E-state index in [2.05, 4.69) is 16.0 Å². The Kier molecular flexibility index (Phi) is 14.8. The number of aliphatic hydroxyl groups is 4. The van der Waals surface area contributed by atoms with Gasteiger partial charge in [0.1, 0.15) is 53.1 Å². The van der Waals surface area contributed by atoms with Crippen LogP contribution >= 0.6 is 0 Å². The molecule has 2 aliphatic heterocycles. The van der Waals surface area contributed by atoms with Gasteiger partial charge in [-0.3, -0.25) is 4.79 Å². The number of nitrogens with zero attached hydrogens (tertiary/aromatic N) is 1. The summed E-state index contributed by atoms with van der Waals surface area (Å²) in [6.45, 7) is 15.0. The molecule has 1 aliphatic carbocycles. The second-order valence-electron chi connectivity index (χ2n) is 17.5. The average Bonchev–Trinajstić information content (AvgIpc) is 3.01. The molecule has 9 N–H and O–H groups in total. The largest absolute Gasteiger partial charge is 0.491 e. The summed E-state index contributed by atoms with van der Waals surface area (Å²) < 4.78 is 34.9. The van der Waals surface area contributed by atoms with Crippen LogP contribution < -0.4 is 21.7 Å². The molecule has 0 spiro atoms. The molecule has 1 saturated heterocycles. The summed E-state index contributed by atoms with van der Waals surface area (Å²) in [5, 5.41) is 53.2. The Morgan fingerprint density at radius 1 is 0.891 bits per heavy atom. The van der Waals surface area contributed by atoms with Crippen molar-refractivity contribution in [3.05, 3.63) is 11.8 Å². The lowest BCUT2D eigenvalue weighted by Gasteiger charge is -2.52. The molecule has 0 aromatic rings. The molecule has 2 fully saturated rings. The van der Waals surface area contributed by atoms with Crippen molar-refractivity contribution < 1.29 is 68.0 Å². The predicted octanol–water partition coefficient (Wildman–Crippen LogP) is 0.351. The molecule has 19 heteroatoms. The van der Waals surface area contributed by atoms with Crippen molar-refractivity contribution in [2.24, 2.45) is 11.7 Å². The van der Waals surface area contributed by atoms with Crippen molar-refractivity contribution in [3.8, 4) is 0 Å². The van der Waals surface area contributed by atoms with Gasteiger partial charge in [-0.1, -0.05) is 0 Å². The molecule has 3 aliphatic rings. The fourth-order valence-electron chi connectivity index (χ4n) is 6.96. The summed E-state index contributed by atoms with van der Waals surface area (Å²) in [5.41, 5.74) is 1.50. The molecule has 2 heterocycles. The molecule has 0 aromatic heterocycles. The first-order chi connectivity index (χ1) is 25.2. The minimum atomic E-state index is -1.80. The maximum absolute atomic E-state index is 13.3. The van der Waals surface area contributed by atoms with Gasteiger partial charge in [0.2, 0.25) is 5.91 Å². The number of nitrogens with one attached hydrogen (secondary N) is 3. The standard InChI is InChI=1S/C36H63N5O14/c1-33(2,3)53-30(46)39-19-13-12-18(15-37)51-26(19)23-20(40-31(47)54-34(4,5)6)14-21(38-22(43)16-42)27(24(23)44)52-29-25(45)28(36(10,49)17-50-29)41(11)32(48)55-35(7,8)9/h12,19-21,23-29,42,44-45,49H,13-17,37H2,1-11H3,(H,38,43)(H,39,46)(H,40,47)/t19-,20+,21-,23?,24+,25-,26+,27+,28-,29-,36+/m1/s1. The van der Waals surface area contributed by atoms with Crippen LogP contribution in [0, 0.1) is 5.92 Å². The van der Waals surface area contributed by atoms with Crippen molar-refractivity contribution >= 4 is 24.2 Å². The zero-order valence-electron chi connectivity index (χ0n) is 33.8. The van der Waals surface area contributed by atoms with E-state index in [4.69, 9.17) is 34.2 Å². The van der Waals surface area contributed by atoms with Gasteiger partial charge in [0, 0.05) is 19.0 Å². The zero-order chi connectivity index (χ0) is 41.8. The number of hydrogen-bond acceptors (Lipinski definition) is 15. The predicted molar refractivity (Wildman–Crippen MR) is 195 cm³/mol. The van der Waals surface area contributed by atoms with E-state index in [1.54, 1.807) is 68.4 Å². The topological polar surface area (TPSA) is 270 Å². The Bertz CT molecular complexity index is 1390. The highest BCUT2D eigenvalue weighted by Crippen LogP contribution is 2.38. The van der Waals surface area contributed by atoms with Crippen LogP contribution in [-0.2, 0) is 33.2 Å². The number of carbonyl (C=O) groups is 4. The van der Waals surface area contributed by atoms with Gasteiger partial charge >= 0.3 is 18.3 Å². The smallest absolute Gasteiger partial charge is 0.410 e. The molecule has 0 aromatic carbocycles. The molecule has 0 radical (unpaired) electrons. The van der Waals surface area contributed by atoms with Crippen LogP contribution in [0.3, 0.4) is 0 Å². The molecular formula is C36H63N5O14. The number of ether oxygens (including phenoxy) is 6. The summed E-state index contributed by atoms with van der Waals surface area (Å²) >= 11 is 0. The van der Waals surface area contributed by atoms with Crippen molar-refractivity contribution in [1.82, 2.24) is 20.9 Å². The maximum atomic E-state index is 13.3. The normalized spacial score (nSPS) is 32.9. The zero-order valence-corrected chi connectivity index (χ0v) is 33.8. The van der Waals surface area contributed by atoms with Gasteiger partial charge in [0.25, 0.3) is 0 Å². The van der Waals surface area contributed by atoms with E-state index < -0.39 is 121 Å². The molecule has 11 atom stereocenters. The van der Waals surface area contributed by atoms with Gasteiger partial charge in [0.15, 0.2) is 6.29 Å². The van der Waals surface area contributed by atoms with E-state index in [0.717, 1.165) is 4.90 Å². The second-order valence-corrected chi connectivity index (χ2v) is 17.5. The van der Waals surface area contributed by atoms with E-state index in [-0.39, 0.29) is 19.4 Å². The molecule has 19 nitrogen and oxygen atoms in total. The second kappa shape index (κ2) is 17.8. The number of likely N-dealkylation sites (N-methyl/N-ethyl adjacent to an activating group) is 1. The Labute approximate surface area is 322 Å². The highest BCUT2D eigenvalue weighted by atomic mass is 16.7. The highest BCUT2D eigenvalue weighted by molar-refractivity contribution is 5.77. The van der Waals surface area contributed by atoms with E-state index in [9.17, 15) is 39.6 Å². The van der Waals surface area contributed by atoms with Crippen LogP contribution in [0.1, 0.15) is 82.1 Å². The van der Waals surface area contributed by atoms with E-state index in [0.29, 0.717) is 5.76 Å². The first kappa shape index (κ1) is 45.9. The summed E-state index contributed by atoms with van der Waals surface area (Å²) in [5.74, 6) is -1.65. The van der Waals surface area contributed by atoms with Crippen LogP contribution in [0.2, 0.25) is 0 Å².